The zero-order chi connectivity index (χ0) is 41.7. The van der Waals surface area contributed by atoms with Crippen molar-refractivity contribution in [1.82, 2.24) is 29.1 Å². The molecule has 298 valence electrons. The standard InChI is InChI=1S/C53H39N7O2/c1-34-22-24-54-52(26-34)59-48-16-6-4-14-42(48)44-20-18-40(30-50(44)59)61-38-12-8-10-35(27-38)46-32-57-47(33-56-46)36-11-9-13-39(28-36)62-41-19-21-45-43-15-5-7-17-49(43)60(51(45)31-41)53-29-37(58(2)3)23-25-55-53/h4-33H,1-3H3. The molecule has 0 aliphatic carbocycles. The normalized spacial score (nSPS) is 11.5. The Hall–Kier alpha value is -8.30. The summed E-state index contributed by atoms with van der Waals surface area (Å²) in [4.78, 5) is 21.2. The predicted octanol–water partition coefficient (Wildman–Crippen LogP) is 12.8. The fraction of sp³-hybridized carbons (Fsp3) is 0.0566. The number of benzene rings is 6. The van der Waals surface area contributed by atoms with E-state index in [1.54, 1.807) is 12.4 Å². The number of hydrogen-bond donors (Lipinski definition) is 0. The second-order valence-electron chi connectivity index (χ2n) is 15.6. The molecule has 62 heavy (non-hydrogen) atoms. The number of nitrogens with zero attached hydrogens (tertiary/aromatic N) is 7. The van der Waals surface area contributed by atoms with E-state index in [9.17, 15) is 0 Å². The molecule has 9 heteroatoms. The SMILES string of the molecule is Cc1ccnc(-n2c3ccccc3c3ccc(Oc4cccc(-c5cnc(-c6cccc(Oc7ccc8c9ccccc9n(-c9cc(N(C)C)ccn9)c8c7)c6)cn5)c4)cc32)c1. The molecule has 0 spiro atoms. The number of ether oxygens (including phenoxy) is 2. The lowest BCUT2D eigenvalue weighted by molar-refractivity contribution is 0.483. The average molecular weight is 806 g/mol. The molecule has 0 aliphatic heterocycles. The van der Waals surface area contributed by atoms with Crippen LogP contribution in [0.1, 0.15) is 5.56 Å². The third-order valence-electron chi connectivity index (χ3n) is 11.3. The van der Waals surface area contributed by atoms with Gasteiger partial charge in [0.15, 0.2) is 0 Å². The Morgan fingerprint density at radius 1 is 0.419 bits per heavy atom. The first-order valence-corrected chi connectivity index (χ1v) is 20.5. The summed E-state index contributed by atoms with van der Waals surface area (Å²) in [7, 11) is 4.07. The molecular weight excluding hydrogens is 767 g/mol. The third-order valence-corrected chi connectivity index (χ3v) is 11.3. The average Bonchev–Trinajstić information content (AvgIpc) is 3.81. The minimum Gasteiger partial charge on any atom is -0.457 e. The molecule has 0 saturated heterocycles. The van der Waals surface area contributed by atoms with Crippen LogP contribution in [0.4, 0.5) is 5.69 Å². The Morgan fingerprint density at radius 3 is 1.42 bits per heavy atom. The molecule has 6 aromatic carbocycles. The second-order valence-corrected chi connectivity index (χ2v) is 15.6. The Bertz CT molecular complexity index is 3480. The Kier molecular flexibility index (Phi) is 8.93. The molecule has 0 saturated carbocycles. The van der Waals surface area contributed by atoms with Gasteiger partial charge in [-0.2, -0.15) is 0 Å². The third kappa shape index (κ3) is 6.62. The van der Waals surface area contributed by atoms with E-state index in [-0.39, 0.29) is 0 Å². The zero-order valence-corrected chi connectivity index (χ0v) is 34.3. The Balaban J connectivity index is 0.850. The van der Waals surface area contributed by atoms with Crippen molar-refractivity contribution in [3.05, 3.63) is 188 Å². The van der Waals surface area contributed by atoms with Crippen molar-refractivity contribution in [2.24, 2.45) is 0 Å². The first-order chi connectivity index (χ1) is 30.4. The number of rotatable bonds is 9. The molecule has 0 bridgehead atoms. The summed E-state index contributed by atoms with van der Waals surface area (Å²) in [6.45, 7) is 2.08. The van der Waals surface area contributed by atoms with Crippen LogP contribution in [0.25, 0.3) is 77.8 Å². The number of anilines is 1. The summed E-state index contributed by atoms with van der Waals surface area (Å²) < 4.78 is 17.4. The van der Waals surface area contributed by atoms with E-state index in [1.165, 1.54) is 5.39 Å². The highest BCUT2D eigenvalue weighted by atomic mass is 16.5. The van der Waals surface area contributed by atoms with Gasteiger partial charge in [-0.25, -0.2) is 9.97 Å². The van der Waals surface area contributed by atoms with Gasteiger partial charge in [0.1, 0.15) is 34.6 Å². The smallest absolute Gasteiger partial charge is 0.139 e. The highest BCUT2D eigenvalue weighted by molar-refractivity contribution is 6.10. The number of aryl methyl sites for hydroxylation is 1. The van der Waals surface area contributed by atoms with Crippen LogP contribution in [0.15, 0.2) is 183 Å². The van der Waals surface area contributed by atoms with Crippen molar-refractivity contribution in [3.63, 3.8) is 0 Å². The molecule has 5 heterocycles. The molecule has 0 N–H and O–H groups in total. The van der Waals surface area contributed by atoms with E-state index in [2.05, 4.69) is 106 Å². The lowest BCUT2D eigenvalue weighted by atomic mass is 10.1. The summed E-state index contributed by atoms with van der Waals surface area (Å²) in [5.41, 5.74) is 9.71. The number of fused-ring (bicyclic) bond motifs is 6. The second kappa shape index (κ2) is 15.1. The molecule has 5 aromatic heterocycles. The van der Waals surface area contributed by atoms with Crippen molar-refractivity contribution in [1.29, 1.82) is 0 Å². The van der Waals surface area contributed by atoms with Crippen LogP contribution in [0.2, 0.25) is 0 Å². The van der Waals surface area contributed by atoms with Gasteiger partial charge in [-0.05, 0) is 91.3 Å². The maximum absolute atomic E-state index is 6.52. The number of hydrogen-bond acceptors (Lipinski definition) is 7. The molecule has 0 atom stereocenters. The summed E-state index contributed by atoms with van der Waals surface area (Å²) in [5, 5.41) is 4.59. The molecule has 0 aliphatic rings. The predicted molar refractivity (Wildman–Crippen MR) is 249 cm³/mol. The monoisotopic (exact) mass is 805 g/mol. The van der Waals surface area contributed by atoms with Crippen LogP contribution in [0.3, 0.4) is 0 Å². The van der Waals surface area contributed by atoms with E-state index in [4.69, 9.17) is 29.4 Å². The molecule has 9 nitrogen and oxygen atoms in total. The quantitative estimate of drug-likeness (QED) is 0.144. The van der Waals surface area contributed by atoms with Gasteiger partial charge in [-0.15, -0.1) is 0 Å². The maximum Gasteiger partial charge on any atom is 0.139 e. The van der Waals surface area contributed by atoms with Gasteiger partial charge in [0.2, 0.25) is 0 Å². The molecule has 0 unspecified atom stereocenters. The van der Waals surface area contributed by atoms with E-state index in [0.717, 1.165) is 95.1 Å². The number of para-hydroxylation sites is 2. The van der Waals surface area contributed by atoms with Gasteiger partial charge in [0.25, 0.3) is 0 Å². The van der Waals surface area contributed by atoms with Crippen LogP contribution >= 0.6 is 0 Å². The zero-order valence-electron chi connectivity index (χ0n) is 34.3. The van der Waals surface area contributed by atoms with Gasteiger partial charge >= 0.3 is 0 Å². The fourth-order valence-electron chi connectivity index (χ4n) is 8.31. The molecule has 11 rings (SSSR count). The molecule has 0 amide bonds. The molecular formula is C53H39N7O2. The summed E-state index contributed by atoms with van der Waals surface area (Å²) in [5.74, 6) is 4.56. The maximum atomic E-state index is 6.52. The van der Waals surface area contributed by atoms with Crippen LogP contribution < -0.4 is 14.4 Å². The van der Waals surface area contributed by atoms with Crippen molar-refractivity contribution < 1.29 is 9.47 Å². The first kappa shape index (κ1) is 36.8. The Morgan fingerprint density at radius 2 is 0.903 bits per heavy atom. The van der Waals surface area contributed by atoms with E-state index < -0.39 is 0 Å². The minimum absolute atomic E-state index is 0.696. The van der Waals surface area contributed by atoms with Crippen molar-refractivity contribution in [3.8, 4) is 57.1 Å². The van der Waals surface area contributed by atoms with Gasteiger partial charge < -0.3 is 14.4 Å². The fourth-order valence-corrected chi connectivity index (χ4v) is 8.31. The van der Waals surface area contributed by atoms with Gasteiger partial charge in [-0.3, -0.25) is 19.1 Å². The molecule has 0 fully saturated rings. The van der Waals surface area contributed by atoms with Crippen molar-refractivity contribution in [2.75, 3.05) is 19.0 Å². The van der Waals surface area contributed by atoms with Crippen LogP contribution in [-0.4, -0.2) is 43.2 Å². The number of aromatic nitrogens is 6. The summed E-state index contributed by atoms with van der Waals surface area (Å²) >= 11 is 0. The van der Waals surface area contributed by atoms with Crippen LogP contribution in [-0.2, 0) is 0 Å². The molecule has 0 radical (unpaired) electrons. The lowest BCUT2D eigenvalue weighted by Crippen LogP contribution is -2.09. The van der Waals surface area contributed by atoms with Crippen molar-refractivity contribution in [2.45, 2.75) is 6.92 Å². The summed E-state index contributed by atoms with van der Waals surface area (Å²) in [6.07, 6.45) is 7.30. The lowest BCUT2D eigenvalue weighted by Gasteiger charge is -2.14. The van der Waals surface area contributed by atoms with Crippen LogP contribution in [0, 0.1) is 6.92 Å². The highest BCUT2D eigenvalue weighted by Gasteiger charge is 2.17. The van der Waals surface area contributed by atoms with Gasteiger partial charge in [0, 0.05) is 83.0 Å². The summed E-state index contributed by atoms with van der Waals surface area (Å²) in [6, 6.07) is 53.4. The van der Waals surface area contributed by atoms with E-state index in [0.29, 0.717) is 11.5 Å². The Labute approximate surface area is 357 Å². The van der Waals surface area contributed by atoms with Gasteiger partial charge in [-0.1, -0.05) is 60.7 Å². The first-order valence-electron chi connectivity index (χ1n) is 20.5. The van der Waals surface area contributed by atoms with Crippen molar-refractivity contribution >= 4 is 49.3 Å². The minimum atomic E-state index is 0.696. The topological polar surface area (TPSA) is 83.1 Å². The molecule has 11 aromatic rings. The largest absolute Gasteiger partial charge is 0.457 e. The van der Waals surface area contributed by atoms with E-state index >= 15 is 0 Å². The number of pyridine rings is 2. The van der Waals surface area contributed by atoms with Gasteiger partial charge in [0.05, 0.1) is 45.8 Å². The highest BCUT2D eigenvalue weighted by Crippen LogP contribution is 2.38. The van der Waals surface area contributed by atoms with E-state index in [1.807, 2.05) is 99.3 Å². The van der Waals surface area contributed by atoms with Crippen LogP contribution in [0.5, 0.6) is 23.0 Å².